The van der Waals surface area contributed by atoms with Crippen molar-refractivity contribution >= 4 is 17.8 Å². The molecule has 0 radical (unpaired) electrons. The molecular formula is C18H26N4OS. The van der Waals surface area contributed by atoms with Gasteiger partial charge in [-0.3, -0.25) is 4.68 Å². The lowest BCUT2D eigenvalue weighted by Crippen LogP contribution is -2.39. The van der Waals surface area contributed by atoms with Gasteiger partial charge in [-0.05, 0) is 50.8 Å². The number of urea groups is 1. The zero-order valence-corrected chi connectivity index (χ0v) is 15.9. The number of hydrogen-bond donors (Lipinski definition) is 1. The summed E-state index contributed by atoms with van der Waals surface area (Å²) in [5.74, 6) is 0. The van der Waals surface area contributed by atoms with Crippen LogP contribution in [0.2, 0.25) is 0 Å². The van der Waals surface area contributed by atoms with Crippen LogP contribution < -0.4 is 5.32 Å². The SMILES string of the molecule is CSc1cccc(CN(C)C(=O)NC[C@@H](C)n2nc(C)cc2C)c1. The third-order valence-electron chi connectivity index (χ3n) is 3.91. The average molecular weight is 347 g/mol. The average Bonchev–Trinajstić information content (AvgIpc) is 2.90. The van der Waals surface area contributed by atoms with Gasteiger partial charge in [-0.1, -0.05) is 12.1 Å². The maximum Gasteiger partial charge on any atom is 0.317 e. The highest BCUT2D eigenvalue weighted by Gasteiger charge is 2.13. The van der Waals surface area contributed by atoms with Crippen LogP contribution in [0.25, 0.3) is 0 Å². The molecule has 1 aromatic carbocycles. The van der Waals surface area contributed by atoms with Crippen LogP contribution in [0.3, 0.4) is 0 Å². The molecule has 6 heteroatoms. The quantitative estimate of drug-likeness (QED) is 0.813. The van der Waals surface area contributed by atoms with Crippen LogP contribution in [-0.4, -0.2) is 40.6 Å². The van der Waals surface area contributed by atoms with E-state index >= 15 is 0 Å². The third kappa shape index (κ3) is 4.77. The lowest BCUT2D eigenvalue weighted by molar-refractivity contribution is 0.205. The summed E-state index contributed by atoms with van der Waals surface area (Å²) in [5.41, 5.74) is 3.24. The third-order valence-corrected chi connectivity index (χ3v) is 4.64. The fraction of sp³-hybridized carbons (Fsp3) is 0.444. The molecule has 0 aliphatic rings. The molecule has 0 unspecified atom stereocenters. The molecule has 0 saturated carbocycles. The molecule has 0 bridgehead atoms. The monoisotopic (exact) mass is 346 g/mol. The number of carbonyl (C=O) groups excluding carboxylic acids is 1. The molecule has 0 fully saturated rings. The van der Waals surface area contributed by atoms with Gasteiger partial charge in [-0.25, -0.2) is 4.79 Å². The zero-order valence-electron chi connectivity index (χ0n) is 15.0. The highest BCUT2D eigenvalue weighted by molar-refractivity contribution is 7.98. The van der Waals surface area contributed by atoms with Crippen LogP contribution >= 0.6 is 11.8 Å². The molecule has 0 spiro atoms. The molecule has 2 rings (SSSR count). The second-order valence-electron chi connectivity index (χ2n) is 6.11. The Morgan fingerprint density at radius 2 is 2.12 bits per heavy atom. The van der Waals surface area contributed by atoms with Crippen LogP contribution in [0.5, 0.6) is 0 Å². The minimum Gasteiger partial charge on any atom is -0.336 e. The molecule has 1 aromatic heterocycles. The molecule has 0 aliphatic heterocycles. The lowest BCUT2D eigenvalue weighted by atomic mass is 10.2. The number of rotatable bonds is 6. The minimum atomic E-state index is -0.0714. The Labute approximate surface area is 148 Å². The number of hydrogen-bond acceptors (Lipinski definition) is 3. The molecule has 0 saturated heterocycles. The number of aryl methyl sites for hydroxylation is 2. The van der Waals surface area contributed by atoms with E-state index in [9.17, 15) is 4.79 Å². The fourth-order valence-corrected chi connectivity index (χ4v) is 3.15. The van der Waals surface area contributed by atoms with E-state index in [1.807, 2.05) is 43.8 Å². The van der Waals surface area contributed by atoms with Crippen LogP contribution in [0, 0.1) is 13.8 Å². The maximum absolute atomic E-state index is 12.3. The molecule has 130 valence electrons. The topological polar surface area (TPSA) is 50.2 Å². The van der Waals surface area contributed by atoms with E-state index in [0.717, 1.165) is 17.0 Å². The molecule has 1 N–H and O–H groups in total. The number of thioether (sulfide) groups is 1. The van der Waals surface area contributed by atoms with Gasteiger partial charge in [0.15, 0.2) is 0 Å². The molecule has 1 atom stereocenters. The highest BCUT2D eigenvalue weighted by Crippen LogP contribution is 2.16. The first-order valence-electron chi connectivity index (χ1n) is 8.05. The summed E-state index contributed by atoms with van der Waals surface area (Å²) in [5, 5.41) is 7.46. The van der Waals surface area contributed by atoms with E-state index in [0.29, 0.717) is 13.1 Å². The van der Waals surface area contributed by atoms with E-state index in [1.165, 1.54) is 4.90 Å². The summed E-state index contributed by atoms with van der Waals surface area (Å²) in [6.07, 6.45) is 2.05. The minimum absolute atomic E-state index is 0.0714. The zero-order chi connectivity index (χ0) is 17.7. The van der Waals surface area contributed by atoms with Crippen molar-refractivity contribution < 1.29 is 4.79 Å². The van der Waals surface area contributed by atoms with Crippen molar-refractivity contribution in [1.82, 2.24) is 20.0 Å². The normalized spacial score (nSPS) is 12.0. The van der Waals surface area contributed by atoms with Crippen molar-refractivity contribution in [3.63, 3.8) is 0 Å². The van der Waals surface area contributed by atoms with E-state index in [-0.39, 0.29) is 12.1 Å². The predicted molar refractivity (Wildman–Crippen MR) is 99.5 cm³/mol. The smallest absolute Gasteiger partial charge is 0.317 e. The molecule has 1 heterocycles. The van der Waals surface area contributed by atoms with E-state index < -0.39 is 0 Å². The predicted octanol–water partition coefficient (Wildman–Crippen LogP) is 3.62. The van der Waals surface area contributed by atoms with Gasteiger partial charge >= 0.3 is 6.03 Å². The summed E-state index contributed by atoms with van der Waals surface area (Å²) < 4.78 is 1.96. The Bertz CT molecular complexity index is 698. The van der Waals surface area contributed by atoms with Gasteiger partial charge in [0.05, 0.1) is 11.7 Å². The van der Waals surface area contributed by atoms with Gasteiger partial charge in [0.25, 0.3) is 0 Å². The van der Waals surface area contributed by atoms with E-state index in [4.69, 9.17) is 0 Å². The van der Waals surface area contributed by atoms with Gasteiger partial charge in [-0.15, -0.1) is 11.8 Å². The van der Waals surface area contributed by atoms with Crippen molar-refractivity contribution in [2.24, 2.45) is 0 Å². The Hall–Kier alpha value is -1.95. The number of benzene rings is 1. The highest BCUT2D eigenvalue weighted by atomic mass is 32.2. The number of nitrogens with zero attached hydrogens (tertiary/aromatic N) is 3. The maximum atomic E-state index is 12.3. The Morgan fingerprint density at radius 1 is 1.38 bits per heavy atom. The van der Waals surface area contributed by atoms with E-state index in [1.54, 1.807) is 16.7 Å². The first-order valence-corrected chi connectivity index (χ1v) is 9.28. The largest absolute Gasteiger partial charge is 0.336 e. The van der Waals surface area contributed by atoms with Gasteiger partial charge in [0, 0.05) is 30.7 Å². The molecular weight excluding hydrogens is 320 g/mol. The summed E-state index contributed by atoms with van der Waals surface area (Å²) in [7, 11) is 1.81. The number of amides is 2. The van der Waals surface area contributed by atoms with Gasteiger partial charge < -0.3 is 10.2 Å². The molecule has 2 aromatic rings. The Kier molecular flexibility index (Phi) is 6.31. The van der Waals surface area contributed by atoms with Crippen molar-refractivity contribution in [3.8, 4) is 0 Å². The molecule has 5 nitrogen and oxygen atoms in total. The Balaban J connectivity index is 1.88. The summed E-state index contributed by atoms with van der Waals surface area (Å²) in [6, 6.07) is 10.4. The van der Waals surface area contributed by atoms with Gasteiger partial charge in [0.1, 0.15) is 0 Å². The summed E-state index contributed by atoms with van der Waals surface area (Å²) >= 11 is 1.70. The van der Waals surface area contributed by atoms with Gasteiger partial charge in [0.2, 0.25) is 0 Å². The van der Waals surface area contributed by atoms with Crippen LogP contribution in [0.4, 0.5) is 4.79 Å². The van der Waals surface area contributed by atoms with Crippen molar-refractivity contribution in [2.75, 3.05) is 19.8 Å². The molecule has 0 aliphatic carbocycles. The second-order valence-corrected chi connectivity index (χ2v) is 6.99. The van der Waals surface area contributed by atoms with Crippen LogP contribution in [-0.2, 0) is 6.54 Å². The fourth-order valence-electron chi connectivity index (χ4n) is 2.67. The van der Waals surface area contributed by atoms with Crippen molar-refractivity contribution in [3.05, 3.63) is 47.3 Å². The summed E-state index contributed by atoms with van der Waals surface area (Å²) in [4.78, 5) is 15.2. The number of aromatic nitrogens is 2. The van der Waals surface area contributed by atoms with Crippen molar-refractivity contribution in [2.45, 2.75) is 38.3 Å². The Morgan fingerprint density at radius 3 is 2.75 bits per heavy atom. The second kappa shape index (κ2) is 8.24. The number of carbonyl (C=O) groups is 1. The van der Waals surface area contributed by atoms with Crippen LogP contribution in [0.15, 0.2) is 35.2 Å². The van der Waals surface area contributed by atoms with Crippen molar-refractivity contribution in [1.29, 1.82) is 0 Å². The first kappa shape index (κ1) is 18.4. The number of nitrogens with one attached hydrogen (secondary N) is 1. The van der Waals surface area contributed by atoms with E-state index in [2.05, 4.69) is 35.7 Å². The summed E-state index contributed by atoms with van der Waals surface area (Å²) in [6.45, 7) is 7.21. The first-order chi connectivity index (χ1) is 11.4. The molecule has 24 heavy (non-hydrogen) atoms. The van der Waals surface area contributed by atoms with Crippen LogP contribution in [0.1, 0.15) is 29.9 Å². The van der Waals surface area contributed by atoms with Gasteiger partial charge in [-0.2, -0.15) is 5.10 Å². The lowest BCUT2D eigenvalue weighted by Gasteiger charge is -2.21. The molecule has 2 amide bonds. The standard InChI is InChI=1S/C18H26N4OS/c1-13-9-14(2)22(20-13)15(3)11-19-18(23)21(4)12-16-7-6-8-17(10-16)24-5/h6-10,15H,11-12H2,1-5H3,(H,19,23)/t15-/m1/s1.